The standard InChI is InChI=1S/C19H22O4.C13H12O2.C12H16O4.C6H11BrO2.CH3.Pd.3H2/c1-4-21-18(20)19(2,3)23-17-12-10-16(11-13-17)22-14-15-8-6-5-7-9-15;14-12-6-8-13(9-7-12)15-10-11-4-2-1-3-5-11;1-4-15-11(14)12(2,3)16-10-7-5-9(13)6-8-10;1-4-9-5(8)6(2,3)7;;;;;/h5-13H,4,14H2,1-3H3;1-9,14H,10H2;5-8,13H,4H2,1-3H3;4H2,1-3H3;1H3;;3*1H/q;;;;-1;;;;. The Balaban J connectivity index is -0.000000409. The number of benzene rings is 5. The summed E-state index contributed by atoms with van der Waals surface area (Å²) >= 11 is 3.17. The van der Waals surface area contributed by atoms with Crippen molar-refractivity contribution in [3.8, 4) is 34.5 Å². The number of rotatable bonds is 16. The number of aromatic hydroxyl groups is 2. The molecule has 0 aromatic heterocycles. The number of halogens is 1. The molecule has 0 aliphatic heterocycles. The number of esters is 3. The fourth-order valence-electron chi connectivity index (χ4n) is 4.73. The van der Waals surface area contributed by atoms with Crippen LogP contribution in [0.4, 0.5) is 0 Å². The van der Waals surface area contributed by atoms with Gasteiger partial charge in [0.1, 0.15) is 52.0 Å². The van der Waals surface area contributed by atoms with Crippen LogP contribution in [0.25, 0.3) is 0 Å². The van der Waals surface area contributed by atoms with Crippen molar-refractivity contribution in [1.82, 2.24) is 0 Å². The maximum Gasteiger partial charge on any atom is 0.349 e. The SMILES string of the molecule is CCOC(=O)C(C)(C)Br.CCOC(=O)C(C)(C)Oc1ccc(O)cc1.CCOC(=O)C(C)(C)Oc1ccc(OCc2ccccc2)cc1.Oc1ccc(OCc2ccccc2)cc1.[CH3-].[HH].[HH].[HH].[Pd]. The Labute approximate surface area is 411 Å². The van der Waals surface area contributed by atoms with Crippen molar-refractivity contribution in [3.05, 3.63) is 152 Å². The number of ether oxygens (including phenoxy) is 7. The maximum atomic E-state index is 11.8. The van der Waals surface area contributed by atoms with E-state index in [1.165, 1.54) is 12.1 Å². The Morgan fingerprint density at radius 3 is 1.05 bits per heavy atom. The molecular formula is C51H70BrO12Pd-. The van der Waals surface area contributed by atoms with Gasteiger partial charge in [0.15, 0.2) is 11.2 Å². The molecule has 364 valence electrons. The minimum absolute atomic E-state index is 0. The third-order valence-electron chi connectivity index (χ3n) is 8.03. The molecule has 0 unspecified atom stereocenters. The normalized spacial score (nSPS) is 10.4. The maximum absolute atomic E-state index is 11.8. The summed E-state index contributed by atoms with van der Waals surface area (Å²) in [5.41, 5.74) is 0.178. The first-order valence-corrected chi connectivity index (χ1v) is 21.2. The summed E-state index contributed by atoms with van der Waals surface area (Å²) in [6, 6.07) is 40.0. The van der Waals surface area contributed by atoms with E-state index in [1.54, 1.807) is 111 Å². The van der Waals surface area contributed by atoms with E-state index in [1.807, 2.05) is 72.8 Å². The molecule has 65 heavy (non-hydrogen) atoms. The van der Waals surface area contributed by atoms with E-state index in [9.17, 15) is 14.4 Å². The summed E-state index contributed by atoms with van der Waals surface area (Å²) in [7, 11) is 0. The van der Waals surface area contributed by atoms with Crippen LogP contribution >= 0.6 is 15.9 Å². The number of hydrogen-bond acceptors (Lipinski definition) is 12. The van der Waals surface area contributed by atoms with Gasteiger partial charge in [0.25, 0.3) is 0 Å². The first-order valence-electron chi connectivity index (χ1n) is 20.4. The Hall–Kier alpha value is -5.55. The molecule has 5 rings (SSSR count). The van der Waals surface area contributed by atoms with Crippen LogP contribution in [0.1, 0.15) is 77.7 Å². The van der Waals surface area contributed by atoms with Gasteiger partial charge in [-0.05, 0) is 146 Å². The van der Waals surface area contributed by atoms with Gasteiger partial charge in [-0.15, -0.1) is 0 Å². The molecule has 0 saturated heterocycles. The third-order valence-corrected chi connectivity index (χ3v) is 8.36. The molecule has 12 nitrogen and oxygen atoms in total. The number of phenols is 2. The quantitative estimate of drug-likeness (QED) is 0.0317. The summed E-state index contributed by atoms with van der Waals surface area (Å²) in [5.74, 6) is 2.00. The zero-order valence-electron chi connectivity index (χ0n) is 38.9. The van der Waals surface area contributed by atoms with Gasteiger partial charge in [-0.1, -0.05) is 76.6 Å². The van der Waals surface area contributed by atoms with Crippen LogP contribution in [-0.4, -0.2) is 63.5 Å². The number of carbonyl (C=O) groups is 3. The predicted octanol–water partition coefficient (Wildman–Crippen LogP) is 12.0. The summed E-state index contributed by atoms with van der Waals surface area (Å²) in [5, 5.41) is 18.2. The molecule has 0 radical (unpaired) electrons. The molecule has 0 aliphatic carbocycles. The summed E-state index contributed by atoms with van der Waals surface area (Å²) in [6.45, 7) is 17.6. The number of phenolic OH excluding ortho intramolecular Hbond substituents is 2. The van der Waals surface area contributed by atoms with E-state index in [0.29, 0.717) is 44.5 Å². The van der Waals surface area contributed by atoms with Crippen molar-refractivity contribution in [1.29, 1.82) is 0 Å². The molecule has 5 aromatic rings. The second kappa shape index (κ2) is 30.6. The van der Waals surface area contributed by atoms with Crippen LogP contribution in [0.15, 0.2) is 133 Å². The smallest absolute Gasteiger partial charge is 0.349 e. The predicted molar refractivity (Wildman–Crippen MR) is 259 cm³/mol. The first-order chi connectivity index (χ1) is 29.8. The molecule has 0 heterocycles. The van der Waals surface area contributed by atoms with Gasteiger partial charge in [-0.2, -0.15) is 0 Å². The van der Waals surface area contributed by atoms with E-state index in [0.717, 1.165) is 22.6 Å². The van der Waals surface area contributed by atoms with Gasteiger partial charge in [-0.25, -0.2) is 9.59 Å². The largest absolute Gasteiger partial charge is 0.508 e. The molecule has 0 atom stereocenters. The molecule has 0 saturated carbocycles. The molecule has 14 heteroatoms. The monoisotopic (exact) mass is 1060 g/mol. The number of hydrogen-bond donors (Lipinski definition) is 2. The first kappa shape index (κ1) is 59.5. The van der Waals surface area contributed by atoms with E-state index < -0.39 is 21.5 Å². The summed E-state index contributed by atoms with van der Waals surface area (Å²) in [4.78, 5) is 34.2. The fraction of sp³-hybridized carbons (Fsp3) is 0.333. The topological polar surface area (TPSA) is 156 Å². The number of alkyl halides is 1. The molecule has 0 amide bonds. The molecule has 0 fully saturated rings. The molecule has 2 N–H and O–H groups in total. The van der Waals surface area contributed by atoms with Gasteiger partial charge in [-0.3, -0.25) is 4.79 Å². The zero-order valence-corrected chi connectivity index (χ0v) is 42.0. The molecule has 0 aliphatic rings. The van der Waals surface area contributed by atoms with E-state index in [2.05, 4.69) is 15.9 Å². The Morgan fingerprint density at radius 1 is 0.477 bits per heavy atom. The van der Waals surface area contributed by atoms with Gasteiger partial charge in [0.05, 0.1) is 19.8 Å². The van der Waals surface area contributed by atoms with E-state index in [-0.39, 0.29) is 55.6 Å². The van der Waals surface area contributed by atoms with Gasteiger partial charge >= 0.3 is 17.9 Å². The van der Waals surface area contributed by atoms with Crippen molar-refractivity contribution in [3.63, 3.8) is 0 Å². The van der Waals surface area contributed by atoms with Crippen molar-refractivity contribution >= 4 is 33.8 Å². The van der Waals surface area contributed by atoms with Gasteiger partial charge < -0.3 is 50.8 Å². The van der Waals surface area contributed by atoms with Gasteiger partial charge in [0, 0.05) is 24.7 Å². The fourth-order valence-corrected chi connectivity index (χ4v) is 4.84. The molecular weight excluding hydrogens is 991 g/mol. The zero-order chi connectivity index (χ0) is 46.9. The molecule has 0 bridgehead atoms. The van der Waals surface area contributed by atoms with Crippen LogP contribution < -0.4 is 18.9 Å². The van der Waals surface area contributed by atoms with Crippen molar-refractivity contribution in [2.75, 3.05) is 19.8 Å². The molecule has 0 spiro atoms. The minimum Gasteiger partial charge on any atom is -0.508 e. The Kier molecular flexibility index (Phi) is 28.0. The average molecular weight is 1060 g/mol. The van der Waals surface area contributed by atoms with Crippen molar-refractivity contribution < 1.29 is 82.5 Å². The van der Waals surface area contributed by atoms with E-state index in [4.69, 9.17) is 43.4 Å². The Morgan fingerprint density at radius 2 is 0.754 bits per heavy atom. The third kappa shape index (κ3) is 24.4. The van der Waals surface area contributed by atoms with Crippen molar-refractivity contribution in [2.45, 2.75) is 91.1 Å². The molecule has 5 aromatic carbocycles. The van der Waals surface area contributed by atoms with Gasteiger partial charge in [0.2, 0.25) is 0 Å². The van der Waals surface area contributed by atoms with Crippen LogP contribution in [0.2, 0.25) is 0 Å². The second-order valence-corrected chi connectivity index (χ2v) is 16.8. The van der Waals surface area contributed by atoms with Crippen LogP contribution in [0.3, 0.4) is 0 Å². The Bertz CT molecular complexity index is 2070. The number of carbonyl (C=O) groups excluding carboxylic acids is 3. The minimum atomic E-state index is -1.03. The summed E-state index contributed by atoms with van der Waals surface area (Å²) < 4.78 is 36.5. The second-order valence-electron chi connectivity index (χ2n) is 14.9. The van der Waals surface area contributed by atoms with Crippen LogP contribution in [0.5, 0.6) is 34.5 Å². The van der Waals surface area contributed by atoms with E-state index >= 15 is 0 Å². The van der Waals surface area contributed by atoms with Crippen molar-refractivity contribution in [2.24, 2.45) is 0 Å². The van der Waals surface area contributed by atoms with Crippen LogP contribution in [-0.2, 0) is 62.2 Å². The summed E-state index contributed by atoms with van der Waals surface area (Å²) in [6.07, 6.45) is 0. The van der Waals surface area contributed by atoms with Crippen LogP contribution in [0, 0.1) is 7.43 Å². The average Bonchev–Trinajstić information content (AvgIpc) is 3.25.